The van der Waals surface area contributed by atoms with Gasteiger partial charge < -0.3 is 15.1 Å². The molecule has 0 aliphatic heterocycles. The molecule has 1 heterocycles. The Bertz CT molecular complexity index is 549. The van der Waals surface area contributed by atoms with Crippen molar-refractivity contribution in [3.8, 4) is 0 Å². The van der Waals surface area contributed by atoms with E-state index in [9.17, 15) is 0 Å². The van der Waals surface area contributed by atoms with Gasteiger partial charge in [0, 0.05) is 22.7 Å². The van der Waals surface area contributed by atoms with Crippen LogP contribution in [0.3, 0.4) is 0 Å². The molecule has 0 amide bonds. The minimum absolute atomic E-state index is 0.552. The lowest BCUT2D eigenvalue weighted by atomic mass is 10.1. The highest BCUT2D eigenvalue weighted by atomic mass is 79.9. The molecule has 2 aromatic rings. The van der Waals surface area contributed by atoms with E-state index in [0.29, 0.717) is 12.6 Å². The molecule has 0 atom stereocenters. The molecule has 0 bridgehead atoms. The number of nitrogens with two attached hydrogens (primary N) is 1. The molecule has 19 heavy (non-hydrogen) atoms. The molecule has 1 aliphatic rings. The fourth-order valence-electron chi connectivity index (χ4n) is 2.37. The van der Waals surface area contributed by atoms with Gasteiger partial charge in [-0.2, -0.15) is 0 Å². The van der Waals surface area contributed by atoms with Gasteiger partial charge in [-0.05, 0) is 48.7 Å². The summed E-state index contributed by atoms with van der Waals surface area (Å²) in [6, 6.07) is 10.9. The van der Waals surface area contributed by atoms with E-state index in [1.54, 1.807) is 6.26 Å². The monoisotopic (exact) mass is 320 g/mol. The maximum absolute atomic E-state index is 5.88. The summed E-state index contributed by atoms with van der Waals surface area (Å²) in [5.41, 5.74) is 8.28. The van der Waals surface area contributed by atoms with E-state index < -0.39 is 0 Å². The van der Waals surface area contributed by atoms with Crippen molar-refractivity contribution in [3.05, 3.63) is 52.4 Å². The summed E-state index contributed by atoms with van der Waals surface area (Å²) >= 11 is 3.51. The van der Waals surface area contributed by atoms with Crippen LogP contribution in [-0.2, 0) is 13.1 Å². The molecule has 3 nitrogen and oxygen atoms in total. The Kier molecular flexibility index (Phi) is 3.62. The molecule has 1 aromatic heterocycles. The summed E-state index contributed by atoms with van der Waals surface area (Å²) in [6.07, 6.45) is 4.23. The van der Waals surface area contributed by atoms with Crippen molar-refractivity contribution in [2.24, 2.45) is 5.73 Å². The predicted molar refractivity (Wildman–Crippen MR) is 79.9 cm³/mol. The Morgan fingerprint density at radius 1 is 1.32 bits per heavy atom. The number of halogens is 1. The van der Waals surface area contributed by atoms with Crippen LogP contribution in [0.1, 0.15) is 24.2 Å². The highest BCUT2D eigenvalue weighted by Gasteiger charge is 2.30. The highest BCUT2D eigenvalue weighted by Crippen LogP contribution is 2.35. The van der Waals surface area contributed by atoms with Crippen molar-refractivity contribution < 1.29 is 4.42 Å². The number of benzene rings is 1. The first-order chi connectivity index (χ1) is 9.28. The Balaban J connectivity index is 1.91. The van der Waals surface area contributed by atoms with E-state index in [2.05, 4.69) is 39.0 Å². The smallest absolute Gasteiger partial charge is 0.123 e. The number of hydrogen-bond acceptors (Lipinski definition) is 3. The zero-order valence-corrected chi connectivity index (χ0v) is 12.3. The zero-order chi connectivity index (χ0) is 13.2. The molecule has 1 fully saturated rings. The van der Waals surface area contributed by atoms with Crippen molar-refractivity contribution in [1.29, 1.82) is 0 Å². The van der Waals surface area contributed by atoms with Crippen LogP contribution < -0.4 is 10.6 Å². The predicted octanol–water partition coefficient (Wildman–Crippen LogP) is 3.67. The fourth-order valence-corrected chi connectivity index (χ4v) is 2.77. The van der Waals surface area contributed by atoms with Gasteiger partial charge in [-0.3, -0.25) is 0 Å². The molecule has 0 spiro atoms. The van der Waals surface area contributed by atoms with Gasteiger partial charge in [-0.1, -0.05) is 15.9 Å². The first-order valence-electron chi connectivity index (χ1n) is 6.55. The van der Waals surface area contributed by atoms with Gasteiger partial charge in [0.2, 0.25) is 0 Å². The lowest BCUT2D eigenvalue weighted by Crippen LogP contribution is -2.26. The van der Waals surface area contributed by atoms with Crippen LogP contribution in [0.5, 0.6) is 0 Å². The number of hydrogen-bond donors (Lipinski definition) is 1. The van der Waals surface area contributed by atoms with E-state index in [1.807, 2.05) is 12.1 Å². The maximum Gasteiger partial charge on any atom is 0.123 e. The van der Waals surface area contributed by atoms with Gasteiger partial charge in [0.25, 0.3) is 0 Å². The molecule has 3 rings (SSSR count). The summed E-state index contributed by atoms with van der Waals surface area (Å²) in [5, 5.41) is 0. The maximum atomic E-state index is 5.88. The zero-order valence-electron chi connectivity index (χ0n) is 10.7. The Morgan fingerprint density at radius 3 is 2.79 bits per heavy atom. The Labute approximate surface area is 121 Å². The third kappa shape index (κ3) is 2.85. The number of nitrogens with zero attached hydrogens (tertiary/aromatic N) is 1. The molecule has 0 radical (unpaired) electrons. The van der Waals surface area contributed by atoms with Crippen LogP contribution in [0.2, 0.25) is 0 Å². The van der Waals surface area contributed by atoms with Crippen molar-refractivity contribution in [2.45, 2.75) is 32.0 Å². The SMILES string of the molecule is NCc1cc(Br)ccc1N(Cc1ccco1)C1CC1. The van der Waals surface area contributed by atoms with Gasteiger partial charge in [-0.15, -0.1) is 0 Å². The molecule has 0 unspecified atom stereocenters. The summed E-state index contributed by atoms with van der Waals surface area (Å²) in [7, 11) is 0. The van der Waals surface area contributed by atoms with Crippen LogP contribution in [-0.4, -0.2) is 6.04 Å². The first kappa shape index (κ1) is 12.8. The number of furan rings is 1. The minimum Gasteiger partial charge on any atom is -0.467 e. The van der Waals surface area contributed by atoms with E-state index in [-0.39, 0.29) is 0 Å². The summed E-state index contributed by atoms with van der Waals surface area (Å²) in [6.45, 7) is 1.36. The highest BCUT2D eigenvalue weighted by molar-refractivity contribution is 9.10. The van der Waals surface area contributed by atoms with E-state index in [4.69, 9.17) is 10.2 Å². The summed E-state index contributed by atoms with van der Waals surface area (Å²) in [4.78, 5) is 2.41. The van der Waals surface area contributed by atoms with Crippen molar-refractivity contribution >= 4 is 21.6 Å². The average Bonchev–Trinajstić information content (AvgIpc) is 3.13. The normalized spacial score (nSPS) is 14.6. The van der Waals surface area contributed by atoms with Gasteiger partial charge in [0.15, 0.2) is 0 Å². The third-order valence-electron chi connectivity index (χ3n) is 3.46. The van der Waals surface area contributed by atoms with Gasteiger partial charge in [0.05, 0.1) is 12.8 Å². The van der Waals surface area contributed by atoms with Crippen LogP contribution in [0.25, 0.3) is 0 Å². The summed E-state index contributed by atoms with van der Waals surface area (Å²) in [5.74, 6) is 0.998. The molecule has 1 aliphatic carbocycles. The van der Waals surface area contributed by atoms with Crippen LogP contribution in [0, 0.1) is 0 Å². The van der Waals surface area contributed by atoms with E-state index >= 15 is 0 Å². The molecular formula is C15H17BrN2O. The van der Waals surface area contributed by atoms with E-state index in [0.717, 1.165) is 16.8 Å². The van der Waals surface area contributed by atoms with Gasteiger partial charge >= 0.3 is 0 Å². The average molecular weight is 321 g/mol. The third-order valence-corrected chi connectivity index (χ3v) is 3.96. The second-order valence-corrected chi connectivity index (χ2v) is 5.83. The van der Waals surface area contributed by atoms with Crippen molar-refractivity contribution in [3.63, 3.8) is 0 Å². The molecule has 1 aromatic carbocycles. The van der Waals surface area contributed by atoms with Crippen LogP contribution in [0.4, 0.5) is 5.69 Å². The largest absolute Gasteiger partial charge is 0.467 e. The molecule has 2 N–H and O–H groups in total. The van der Waals surface area contributed by atoms with Crippen LogP contribution in [0.15, 0.2) is 45.5 Å². The summed E-state index contributed by atoms with van der Waals surface area (Å²) < 4.78 is 6.55. The molecule has 0 saturated heterocycles. The molecular weight excluding hydrogens is 304 g/mol. The lowest BCUT2D eigenvalue weighted by molar-refractivity contribution is 0.501. The van der Waals surface area contributed by atoms with Crippen molar-refractivity contribution in [2.75, 3.05) is 4.90 Å². The Hall–Kier alpha value is -1.26. The molecule has 1 saturated carbocycles. The quantitative estimate of drug-likeness (QED) is 0.914. The second-order valence-electron chi connectivity index (χ2n) is 4.92. The van der Waals surface area contributed by atoms with Crippen molar-refractivity contribution in [1.82, 2.24) is 0 Å². The minimum atomic E-state index is 0.552. The number of anilines is 1. The topological polar surface area (TPSA) is 42.4 Å². The number of rotatable bonds is 5. The molecule has 100 valence electrons. The molecule has 4 heteroatoms. The van der Waals surface area contributed by atoms with E-state index in [1.165, 1.54) is 24.1 Å². The van der Waals surface area contributed by atoms with Crippen LogP contribution >= 0.6 is 15.9 Å². The van der Waals surface area contributed by atoms with Gasteiger partial charge in [0.1, 0.15) is 5.76 Å². The standard InChI is InChI=1S/C15H17BrN2O/c16-12-3-6-15(11(8-12)9-17)18(13-4-5-13)10-14-2-1-7-19-14/h1-3,6-8,13H,4-5,9-10,17H2. The first-order valence-corrected chi connectivity index (χ1v) is 7.35. The second kappa shape index (κ2) is 5.39. The fraction of sp³-hybridized carbons (Fsp3) is 0.333. The Morgan fingerprint density at radius 2 is 2.16 bits per heavy atom. The van der Waals surface area contributed by atoms with Gasteiger partial charge in [-0.25, -0.2) is 0 Å². The lowest BCUT2D eigenvalue weighted by Gasteiger charge is -2.26.